The lowest BCUT2D eigenvalue weighted by Gasteiger charge is -2.09. The molecule has 0 spiro atoms. The number of nitrogens with two attached hydrogens (primary N) is 1. The van der Waals surface area contributed by atoms with E-state index in [9.17, 15) is 4.39 Å². The molecule has 0 fully saturated rings. The van der Waals surface area contributed by atoms with Crippen LogP contribution in [0, 0.1) is 11.2 Å². The molecule has 0 heterocycles. The van der Waals surface area contributed by atoms with Crippen LogP contribution in [0.1, 0.15) is 11.1 Å². The van der Waals surface area contributed by atoms with Crippen LogP contribution in [0.15, 0.2) is 42.5 Å². The summed E-state index contributed by atoms with van der Waals surface area (Å²) in [7, 11) is 0. The summed E-state index contributed by atoms with van der Waals surface area (Å²) in [5, 5.41) is 7.74. The lowest BCUT2D eigenvalue weighted by atomic mass is 10.1. The summed E-state index contributed by atoms with van der Waals surface area (Å²) in [4.78, 5) is 0. The van der Waals surface area contributed by atoms with Crippen molar-refractivity contribution in [1.82, 2.24) is 0 Å². The zero-order chi connectivity index (χ0) is 13.8. The Hall–Kier alpha value is -2.07. The van der Waals surface area contributed by atoms with Gasteiger partial charge in [0, 0.05) is 16.1 Å². The second kappa shape index (κ2) is 5.71. The molecule has 0 radical (unpaired) electrons. The highest BCUT2D eigenvalue weighted by Crippen LogP contribution is 2.21. The number of nitrogen functional groups attached to an aromatic ring is 1. The molecular formula is C14H12ClFN2O. The standard InChI is InChI=1S/C14H12ClFN2O/c15-11-7-9(14(17)18)5-6-10(11)8-19-13-4-2-1-3-12(13)16/h1-7H,8H2,(H3,17,18). The number of hydrogen-bond donors (Lipinski definition) is 2. The van der Waals surface area contributed by atoms with E-state index in [2.05, 4.69) is 0 Å². The van der Waals surface area contributed by atoms with E-state index in [4.69, 9.17) is 27.5 Å². The van der Waals surface area contributed by atoms with Crippen molar-refractivity contribution in [2.75, 3.05) is 0 Å². The minimum Gasteiger partial charge on any atom is -0.486 e. The van der Waals surface area contributed by atoms with Gasteiger partial charge in [0.25, 0.3) is 0 Å². The summed E-state index contributed by atoms with van der Waals surface area (Å²) in [5.74, 6) is -0.295. The molecule has 19 heavy (non-hydrogen) atoms. The summed E-state index contributed by atoms with van der Waals surface area (Å²) in [6.07, 6.45) is 0. The fraction of sp³-hybridized carbons (Fsp3) is 0.0714. The van der Waals surface area contributed by atoms with E-state index in [1.165, 1.54) is 6.07 Å². The molecule has 0 unspecified atom stereocenters. The topological polar surface area (TPSA) is 59.1 Å². The molecule has 0 aliphatic carbocycles. The van der Waals surface area contributed by atoms with Gasteiger partial charge in [-0.05, 0) is 18.2 Å². The Balaban J connectivity index is 2.12. The molecule has 5 heteroatoms. The van der Waals surface area contributed by atoms with E-state index in [-0.39, 0.29) is 18.2 Å². The van der Waals surface area contributed by atoms with Crippen LogP contribution in [-0.4, -0.2) is 5.84 Å². The van der Waals surface area contributed by atoms with Crippen molar-refractivity contribution in [1.29, 1.82) is 5.41 Å². The van der Waals surface area contributed by atoms with Crippen LogP contribution in [-0.2, 0) is 6.61 Å². The van der Waals surface area contributed by atoms with Crippen LogP contribution in [0.25, 0.3) is 0 Å². The number of hydrogen-bond acceptors (Lipinski definition) is 2. The normalized spacial score (nSPS) is 10.2. The van der Waals surface area contributed by atoms with Gasteiger partial charge >= 0.3 is 0 Å². The lowest BCUT2D eigenvalue weighted by Crippen LogP contribution is -2.11. The molecule has 0 aliphatic heterocycles. The van der Waals surface area contributed by atoms with Crippen molar-refractivity contribution < 1.29 is 9.13 Å². The molecule has 3 nitrogen and oxygen atoms in total. The van der Waals surface area contributed by atoms with Gasteiger partial charge in [0.15, 0.2) is 11.6 Å². The van der Waals surface area contributed by atoms with Crippen LogP contribution in [0.2, 0.25) is 5.02 Å². The Morgan fingerprint density at radius 1 is 1.26 bits per heavy atom. The first kappa shape index (κ1) is 13.4. The van der Waals surface area contributed by atoms with Gasteiger partial charge in [-0.15, -0.1) is 0 Å². The molecule has 0 amide bonds. The van der Waals surface area contributed by atoms with Crippen LogP contribution >= 0.6 is 11.6 Å². The predicted octanol–water partition coefficient (Wildman–Crippen LogP) is 3.34. The second-order valence-electron chi connectivity index (χ2n) is 3.94. The zero-order valence-corrected chi connectivity index (χ0v) is 10.7. The van der Waals surface area contributed by atoms with Gasteiger partial charge in [0.05, 0.1) is 0 Å². The highest BCUT2D eigenvalue weighted by Gasteiger charge is 2.06. The smallest absolute Gasteiger partial charge is 0.165 e. The molecule has 0 aromatic heterocycles. The van der Waals surface area contributed by atoms with Crippen molar-refractivity contribution >= 4 is 17.4 Å². The molecule has 0 saturated heterocycles. The molecule has 2 aromatic carbocycles. The maximum atomic E-state index is 13.4. The van der Waals surface area contributed by atoms with Gasteiger partial charge in [0.2, 0.25) is 0 Å². The predicted molar refractivity (Wildman–Crippen MR) is 73.2 cm³/mol. The number of ether oxygens (including phenoxy) is 1. The van der Waals surface area contributed by atoms with Gasteiger partial charge in [-0.3, -0.25) is 5.41 Å². The summed E-state index contributed by atoms with van der Waals surface area (Å²) in [6, 6.07) is 11.1. The Labute approximate surface area is 115 Å². The maximum Gasteiger partial charge on any atom is 0.165 e. The Kier molecular flexibility index (Phi) is 4.02. The maximum absolute atomic E-state index is 13.4. The molecule has 3 N–H and O–H groups in total. The zero-order valence-electron chi connectivity index (χ0n) is 9.99. The first-order valence-electron chi connectivity index (χ1n) is 5.58. The Morgan fingerprint density at radius 2 is 2.00 bits per heavy atom. The number of rotatable bonds is 4. The van der Waals surface area contributed by atoms with Crippen LogP contribution in [0.4, 0.5) is 4.39 Å². The van der Waals surface area contributed by atoms with E-state index in [1.54, 1.807) is 36.4 Å². The Morgan fingerprint density at radius 3 is 2.63 bits per heavy atom. The van der Waals surface area contributed by atoms with E-state index in [0.29, 0.717) is 16.1 Å². The number of para-hydroxylation sites is 1. The third-order valence-corrected chi connectivity index (χ3v) is 2.94. The van der Waals surface area contributed by atoms with Crippen LogP contribution < -0.4 is 10.5 Å². The molecule has 0 atom stereocenters. The number of benzene rings is 2. The molecule has 0 bridgehead atoms. The highest BCUT2D eigenvalue weighted by atomic mass is 35.5. The largest absolute Gasteiger partial charge is 0.486 e. The third kappa shape index (κ3) is 3.23. The van der Waals surface area contributed by atoms with Crippen LogP contribution in [0.5, 0.6) is 5.75 Å². The highest BCUT2D eigenvalue weighted by molar-refractivity contribution is 6.31. The van der Waals surface area contributed by atoms with E-state index in [0.717, 1.165) is 0 Å². The summed E-state index contributed by atoms with van der Waals surface area (Å²) in [6.45, 7) is 0.151. The van der Waals surface area contributed by atoms with Crippen molar-refractivity contribution in [2.24, 2.45) is 5.73 Å². The van der Waals surface area contributed by atoms with Crippen molar-refractivity contribution in [3.05, 3.63) is 64.4 Å². The van der Waals surface area contributed by atoms with E-state index in [1.807, 2.05) is 0 Å². The minimum absolute atomic E-state index is 0.0523. The van der Waals surface area contributed by atoms with E-state index >= 15 is 0 Å². The van der Waals surface area contributed by atoms with Crippen molar-refractivity contribution in [3.63, 3.8) is 0 Å². The van der Waals surface area contributed by atoms with Gasteiger partial charge in [0.1, 0.15) is 12.4 Å². The van der Waals surface area contributed by atoms with Gasteiger partial charge in [-0.2, -0.15) is 0 Å². The molecule has 98 valence electrons. The average Bonchev–Trinajstić information content (AvgIpc) is 2.39. The summed E-state index contributed by atoms with van der Waals surface area (Å²) >= 11 is 6.05. The summed E-state index contributed by atoms with van der Waals surface area (Å²) < 4.78 is 18.7. The average molecular weight is 279 g/mol. The fourth-order valence-electron chi connectivity index (χ4n) is 1.55. The molecule has 0 saturated carbocycles. The van der Waals surface area contributed by atoms with Gasteiger partial charge in [-0.25, -0.2) is 4.39 Å². The van der Waals surface area contributed by atoms with Crippen LogP contribution in [0.3, 0.4) is 0 Å². The third-order valence-electron chi connectivity index (χ3n) is 2.58. The molecular weight excluding hydrogens is 267 g/mol. The second-order valence-corrected chi connectivity index (χ2v) is 4.35. The van der Waals surface area contributed by atoms with Crippen molar-refractivity contribution in [2.45, 2.75) is 6.61 Å². The SMILES string of the molecule is N=C(N)c1ccc(COc2ccccc2F)c(Cl)c1. The first-order chi connectivity index (χ1) is 9.08. The molecule has 2 rings (SSSR count). The molecule has 0 aliphatic rings. The number of amidine groups is 1. The van der Waals surface area contributed by atoms with Gasteiger partial charge in [-0.1, -0.05) is 35.9 Å². The fourth-order valence-corrected chi connectivity index (χ4v) is 1.78. The van der Waals surface area contributed by atoms with E-state index < -0.39 is 5.82 Å². The monoisotopic (exact) mass is 278 g/mol. The minimum atomic E-state index is -0.418. The Bertz CT molecular complexity index is 616. The lowest BCUT2D eigenvalue weighted by molar-refractivity contribution is 0.290. The first-order valence-corrected chi connectivity index (χ1v) is 5.96. The quantitative estimate of drug-likeness (QED) is 0.666. The van der Waals surface area contributed by atoms with Gasteiger partial charge < -0.3 is 10.5 Å². The number of halogens is 2. The number of nitrogens with one attached hydrogen (secondary N) is 1. The summed E-state index contributed by atoms with van der Waals surface area (Å²) in [5.41, 5.74) is 6.61. The van der Waals surface area contributed by atoms with Crippen molar-refractivity contribution in [3.8, 4) is 5.75 Å². The molecule has 2 aromatic rings.